The monoisotopic (exact) mass is 240 g/mol. The summed E-state index contributed by atoms with van der Waals surface area (Å²) < 4.78 is 0. The highest BCUT2D eigenvalue weighted by molar-refractivity contribution is 5.81. The second-order valence-electron chi connectivity index (χ2n) is 5.93. The summed E-state index contributed by atoms with van der Waals surface area (Å²) in [5.41, 5.74) is 0. The molecule has 1 aliphatic carbocycles. The normalized spacial score (nSPS) is 26.9. The second-order valence-corrected chi connectivity index (χ2v) is 5.93. The summed E-state index contributed by atoms with van der Waals surface area (Å²) in [6, 6.07) is 0.509. The maximum Gasteiger partial charge on any atom is 0.236 e. The third kappa shape index (κ3) is 5.07. The Kier molecular flexibility index (Phi) is 5.96. The van der Waals surface area contributed by atoms with Gasteiger partial charge >= 0.3 is 0 Å². The standard InChI is InChI=1S/C14H28N2O/c1-10(2)8-13(14(17)15-4)16-12-7-5-6-11(3)9-12/h10-13,16H,5-9H2,1-4H3,(H,15,17). The minimum atomic E-state index is -0.0182. The van der Waals surface area contributed by atoms with Crippen molar-refractivity contribution in [1.82, 2.24) is 10.6 Å². The average molecular weight is 240 g/mol. The van der Waals surface area contributed by atoms with Crippen molar-refractivity contribution in [2.24, 2.45) is 11.8 Å². The van der Waals surface area contributed by atoms with Gasteiger partial charge in [-0.2, -0.15) is 0 Å². The highest BCUT2D eigenvalue weighted by Gasteiger charge is 2.25. The molecule has 3 nitrogen and oxygen atoms in total. The van der Waals surface area contributed by atoms with Gasteiger partial charge in [-0.05, 0) is 31.1 Å². The van der Waals surface area contributed by atoms with Crippen LogP contribution in [0.5, 0.6) is 0 Å². The second kappa shape index (κ2) is 7.00. The summed E-state index contributed by atoms with van der Waals surface area (Å²) in [6.45, 7) is 6.65. The van der Waals surface area contributed by atoms with Gasteiger partial charge in [0.15, 0.2) is 0 Å². The van der Waals surface area contributed by atoms with E-state index in [0.29, 0.717) is 12.0 Å². The Labute approximate surface area is 106 Å². The summed E-state index contributed by atoms with van der Waals surface area (Å²) in [5, 5.41) is 6.33. The maximum absolute atomic E-state index is 11.8. The zero-order chi connectivity index (χ0) is 12.8. The third-order valence-electron chi connectivity index (χ3n) is 3.64. The molecule has 1 saturated carbocycles. The van der Waals surface area contributed by atoms with Crippen LogP contribution in [0.2, 0.25) is 0 Å². The van der Waals surface area contributed by atoms with E-state index in [1.54, 1.807) is 7.05 Å². The van der Waals surface area contributed by atoms with Gasteiger partial charge in [0.25, 0.3) is 0 Å². The molecule has 0 aromatic carbocycles. The van der Waals surface area contributed by atoms with Crippen molar-refractivity contribution in [3.05, 3.63) is 0 Å². The largest absolute Gasteiger partial charge is 0.358 e. The summed E-state index contributed by atoms with van der Waals surface area (Å²) in [6.07, 6.45) is 5.99. The number of carbonyl (C=O) groups excluding carboxylic acids is 1. The fourth-order valence-corrected chi connectivity index (χ4v) is 2.77. The lowest BCUT2D eigenvalue weighted by molar-refractivity contribution is -0.123. The van der Waals surface area contributed by atoms with Crippen LogP contribution in [0, 0.1) is 11.8 Å². The third-order valence-corrected chi connectivity index (χ3v) is 3.64. The molecular formula is C14H28N2O. The Morgan fingerprint density at radius 3 is 2.59 bits per heavy atom. The molecule has 0 aliphatic heterocycles. The molecular weight excluding hydrogens is 212 g/mol. The number of hydrogen-bond donors (Lipinski definition) is 2. The number of likely N-dealkylation sites (N-methyl/N-ethyl adjacent to an activating group) is 1. The molecule has 0 radical (unpaired) electrons. The van der Waals surface area contributed by atoms with Crippen LogP contribution >= 0.6 is 0 Å². The summed E-state index contributed by atoms with van der Waals surface area (Å²) >= 11 is 0. The van der Waals surface area contributed by atoms with E-state index in [2.05, 4.69) is 31.4 Å². The number of carbonyl (C=O) groups is 1. The SMILES string of the molecule is CNC(=O)C(CC(C)C)NC1CCCC(C)C1. The van der Waals surface area contributed by atoms with Crippen molar-refractivity contribution < 1.29 is 4.79 Å². The minimum Gasteiger partial charge on any atom is -0.358 e. The molecule has 1 fully saturated rings. The van der Waals surface area contributed by atoms with E-state index < -0.39 is 0 Å². The molecule has 0 saturated heterocycles. The Bertz CT molecular complexity index is 240. The van der Waals surface area contributed by atoms with Gasteiger partial charge in [-0.3, -0.25) is 4.79 Å². The molecule has 1 rings (SSSR count). The van der Waals surface area contributed by atoms with Crippen molar-refractivity contribution in [3.63, 3.8) is 0 Å². The van der Waals surface area contributed by atoms with Crippen LogP contribution in [0.3, 0.4) is 0 Å². The average Bonchev–Trinajstić information content (AvgIpc) is 2.26. The van der Waals surface area contributed by atoms with Gasteiger partial charge < -0.3 is 10.6 Å². The van der Waals surface area contributed by atoms with Crippen molar-refractivity contribution in [1.29, 1.82) is 0 Å². The molecule has 2 N–H and O–H groups in total. The van der Waals surface area contributed by atoms with Crippen LogP contribution < -0.4 is 10.6 Å². The Balaban J connectivity index is 2.49. The van der Waals surface area contributed by atoms with E-state index >= 15 is 0 Å². The van der Waals surface area contributed by atoms with E-state index in [1.165, 1.54) is 25.7 Å². The maximum atomic E-state index is 11.8. The first-order valence-electron chi connectivity index (χ1n) is 7.00. The lowest BCUT2D eigenvalue weighted by Gasteiger charge is -2.31. The van der Waals surface area contributed by atoms with E-state index in [0.717, 1.165) is 12.3 Å². The number of amides is 1. The molecule has 0 aromatic rings. The highest BCUT2D eigenvalue weighted by Crippen LogP contribution is 2.24. The lowest BCUT2D eigenvalue weighted by Crippen LogP contribution is -2.49. The molecule has 100 valence electrons. The number of hydrogen-bond acceptors (Lipinski definition) is 2. The Morgan fingerprint density at radius 2 is 2.06 bits per heavy atom. The van der Waals surface area contributed by atoms with Crippen LogP contribution in [0.4, 0.5) is 0 Å². The summed E-state index contributed by atoms with van der Waals surface area (Å²) in [5.74, 6) is 1.48. The quantitative estimate of drug-likeness (QED) is 0.774. The zero-order valence-electron chi connectivity index (χ0n) is 11.8. The Morgan fingerprint density at radius 1 is 1.35 bits per heavy atom. The van der Waals surface area contributed by atoms with E-state index in [1.807, 2.05) is 0 Å². The molecule has 0 heterocycles. The van der Waals surface area contributed by atoms with Crippen LogP contribution in [0.1, 0.15) is 52.9 Å². The molecule has 0 aromatic heterocycles. The summed E-state index contributed by atoms with van der Waals surface area (Å²) in [4.78, 5) is 11.8. The first-order chi connectivity index (χ1) is 8.02. The molecule has 17 heavy (non-hydrogen) atoms. The van der Waals surface area contributed by atoms with E-state index in [-0.39, 0.29) is 11.9 Å². The predicted octanol–water partition coefficient (Wildman–Crippen LogP) is 2.32. The van der Waals surface area contributed by atoms with Crippen LogP contribution in [-0.4, -0.2) is 25.0 Å². The highest BCUT2D eigenvalue weighted by atomic mass is 16.2. The van der Waals surface area contributed by atoms with Crippen molar-refractivity contribution in [3.8, 4) is 0 Å². The van der Waals surface area contributed by atoms with Gasteiger partial charge in [0.05, 0.1) is 6.04 Å². The summed E-state index contributed by atoms with van der Waals surface area (Å²) in [7, 11) is 1.72. The molecule has 1 amide bonds. The van der Waals surface area contributed by atoms with Crippen LogP contribution in [0.15, 0.2) is 0 Å². The van der Waals surface area contributed by atoms with E-state index in [4.69, 9.17) is 0 Å². The molecule has 3 atom stereocenters. The fourth-order valence-electron chi connectivity index (χ4n) is 2.77. The van der Waals surface area contributed by atoms with Gasteiger partial charge in [0.2, 0.25) is 5.91 Å². The first kappa shape index (κ1) is 14.5. The van der Waals surface area contributed by atoms with Crippen molar-refractivity contribution >= 4 is 5.91 Å². The van der Waals surface area contributed by atoms with Crippen LogP contribution in [-0.2, 0) is 4.79 Å². The molecule has 0 bridgehead atoms. The van der Waals surface area contributed by atoms with Gasteiger partial charge in [-0.15, -0.1) is 0 Å². The number of rotatable bonds is 5. The first-order valence-corrected chi connectivity index (χ1v) is 7.00. The smallest absolute Gasteiger partial charge is 0.236 e. The lowest BCUT2D eigenvalue weighted by atomic mass is 9.86. The topological polar surface area (TPSA) is 41.1 Å². The van der Waals surface area contributed by atoms with Gasteiger partial charge in [0, 0.05) is 13.1 Å². The van der Waals surface area contributed by atoms with Crippen LogP contribution in [0.25, 0.3) is 0 Å². The molecule has 1 aliphatic rings. The van der Waals surface area contributed by atoms with Gasteiger partial charge in [0.1, 0.15) is 0 Å². The minimum absolute atomic E-state index is 0.0182. The number of nitrogens with one attached hydrogen (secondary N) is 2. The molecule has 3 unspecified atom stereocenters. The van der Waals surface area contributed by atoms with E-state index in [9.17, 15) is 4.79 Å². The van der Waals surface area contributed by atoms with Crippen molar-refractivity contribution in [2.75, 3.05) is 7.05 Å². The van der Waals surface area contributed by atoms with Gasteiger partial charge in [-0.1, -0.05) is 33.6 Å². The molecule has 0 spiro atoms. The molecule has 3 heteroatoms. The zero-order valence-corrected chi connectivity index (χ0v) is 11.8. The van der Waals surface area contributed by atoms with Crippen molar-refractivity contribution in [2.45, 2.75) is 65.0 Å². The predicted molar refractivity (Wildman–Crippen MR) is 71.9 cm³/mol. The fraction of sp³-hybridized carbons (Fsp3) is 0.929. The van der Waals surface area contributed by atoms with Gasteiger partial charge in [-0.25, -0.2) is 0 Å². The Hall–Kier alpha value is -0.570.